The van der Waals surface area contributed by atoms with Crippen molar-refractivity contribution < 1.29 is 9.16 Å². The maximum atomic E-state index is 6.40. The summed E-state index contributed by atoms with van der Waals surface area (Å²) >= 11 is 0. The van der Waals surface area contributed by atoms with E-state index in [1.807, 2.05) is 0 Å². The molecule has 3 atom stereocenters. The molecule has 0 amide bonds. The van der Waals surface area contributed by atoms with Crippen LogP contribution in [0, 0.1) is 11.3 Å². The van der Waals surface area contributed by atoms with Crippen LogP contribution in [0.4, 0.5) is 0 Å². The molecule has 0 bridgehead atoms. The Morgan fingerprint density at radius 3 is 2.43 bits per heavy atom. The quantitative estimate of drug-likeness (QED) is 0.397. The van der Waals surface area contributed by atoms with Gasteiger partial charge in [-0.1, -0.05) is 33.8 Å². The van der Waals surface area contributed by atoms with Crippen molar-refractivity contribution in [3.63, 3.8) is 0 Å². The van der Waals surface area contributed by atoms with Crippen molar-refractivity contribution in [3.8, 4) is 0 Å². The highest BCUT2D eigenvalue weighted by Gasteiger charge is 2.58. The molecular weight excluding hydrogens is 276 g/mol. The molecule has 3 heteroatoms. The molecule has 0 aromatic heterocycles. The highest BCUT2D eigenvalue weighted by Crippen LogP contribution is 2.56. The van der Waals surface area contributed by atoms with Gasteiger partial charge < -0.3 is 9.16 Å². The van der Waals surface area contributed by atoms with Crippen LogP contribution < -0.4 is 0 Å². The molecule has 1 saturated carbocycles. The molecular formula is C18H34O2Si. The zero-order chi connectivity index (χ0) is 15.9. The largest absolute Gasteiger partial charge is 0.417 e. The van der Waals surface area contributed by atoms with E-state index in [0.29, 0.717) is 5.92 Å². The van der Waals surface area contributed by atoms with Gasteiger partial charge in [0, 0.05) is 12.5 Å². The van der Waals surface area contributed by atoms with Gasteiger partial charge in [0.05, 0.1) is 12.2 Å². The SMILES string of the molecule is C=C[C@@]1(C)CCCC2(CO2)[C@H]1CCO[Si](C)(C)C(C)(C)C. The minimum atomic E-state index is -1.64. The van der Waals surface area contributed by atoms with E-state index in [-0.39, 0.29) is 16.1 Å². The van der Waals surface area contributed by atoms with Crippen molar-refractivity contribution in [2.75, 3.05) is 13.2 Å². The predicted molar refractivity (Wildman–Crippen MR) is 92.1 cm³/mol. The van der Waals surface area contributed by atoms with Crippen molar-refractivity contribution in [1.82, 2.24) is 0 Å². The van der Waals surface area contributed by atoms with E-state index in [9.17, 15) is 0 Å². The summed E-state index contributed by atoms with van der Waals surface area (Å²) < 4.78 is 12.3. The van der Waals surface area contributed by atoms with E-state index in [1.54, 1.807) is 0 Å². The second kappa shape index (κ2) is 5.50. The minimum Gasteiger partial charge on any atom is -0.417 e. The highest BCUT2D eigenvalue weighted by molar-refractivity contribution is 6.74. The van der Waals surface area contributed by atoms with Gasteiger partial charge in [-0.15, -0.1) is 6.58 Å². The lowest BCUT2D eigenvalue weighted by Gasteiger charge is -2.44. The molecule has 0 aromatic rings. The smallest absolute Gasteiger partial charge is 0.191 e. The van der Waals surface area contributed by atoms with Gasteiger partial charge in [0.1, 0.15) is 0 Å². The Balaban J connectivity index is 1.99. The van der Waals surface area contributed by atoms with Gasteiger partial charge in [-0.2, -0.15) is 0 Å². The van der Waals surface area contributed by atoms with Crippen LogP contribution in [0.1, 0.15) is 53.4 Å². The number of epoxide rings is 1. The lowest BCUT2D eigenvalue weighted by Crippen LogP contribution is -2.44. The molecule has 2 aliphatic rings. The van der Waals surface area contributed by atoms with Crippen LogP contribution in [0.3, 0.4) is 0 Å². The zero-order valence-electron chi connectivity index (χ0n) is 14.9. The van der Waals surface area contributed by atoms with Crippen molar-refractivity contribution in [2.24, 2.45) is 11.3 Å². The molecule has 1 aliphatic heterocycles. The predicted octanol–water partition coefficient (Wildman–Crippen LogP) is 5.16. The van der Waals surface area contributed by atoms with Gasteiger partial charge in [-0.3, -0.25) is 0 Å². The second-order valence-electron chi connectivity index (χ2n) is 8.87. The summed E-state index contributed by atoms with van der Waals surface area (Å²) in [5, 5.41) is 0.287. The number of hydrogen-bond acceptors (Lipinski definition) is 2. The van der Waals surface area contributed by atoms with Crippen LogP contribution >= 0.6 is 0 Å². The first-order chi connectivity index (χ1) is 9.56. The Hall–Kier alpha value is -0.123. The summed E-state index contributed by atoms with van der Waals surface area (Å²) in [5.74, 6) is 0.570. The Morgan fingerprint density at radius 1 is 1.33 bits per heavy atom. The maximum absolute atomic E-state index is 6.40. The normalized spacial score (nSPS) is 36.8. The average molecular weight is 311 g/mol. The summed E-state index contributed by atoms with van der Waals surface area (Å²) in [6, 6.07) is 0. The van der Waals surface area contributed by atoms with Crippen LogP contribution in [0.2, 0.25) is 18.1 Å². The van der Waals surface area contributed by atoms with Crippen LogP contribution in [0.25, 0.3) is 0 Å². The lowest BCUT2D eigenvalue weighted by molar-refractivity contribution is 0.0455. The molecule has 0 aromatic carbocycles. The third-order valence-electron chi connectivity index (χ3n) is 6.40. The minimum absolute atomic E-state index is 0.151. The van der Waals surface area contributed by atoms with Gasteiger partial charge in [0.2, 0.25) is 0 Å². The summed E-state index contributed by atoms with van der Waals surface area (Å²) in [5.41, 5.74) is 0.365. The monoisotopic (exact) mass is 310 g/mol. The first-order valence-corrected chi connectivity index (χ1v) is 11.4. The van der Waals surface area contributed by atoms with E-state index >= 15 is 0 Å². The van der Waals surface area contributed by atoms with Crippen LogP contribution in [-0.2, 0) is 9.16 Å². The van der Waals surface area contributed by atoms with Crippen molar-refractivity contribution in [2.45, 2.75) is 77.1 Å². The fourth-order valence-corrected chi connectivity index (χ4v) is 4.70. The van der Waals surface area contributed by atoms with Gasteiger partial charge >= 0.3 is 0 Å². The molecule has 1 saturated heterocycles. The average Bonchev–Trinajstić information content (AvgIpc) is 3.12. The fourth-order valence-electron chi connectivity index (χ4n) is 3.64. The summed E-state index contributed by atoms with van der Waals surface area (Å²) in [6.07, 6.45) is 7.01. The first-order valence-electron chi connectivity index (χ1n) is 8.48. The molecule has 1 unspecified atom stereocenters. The van der Waals surface area contributed by atoms with E-state index in [0.717, 1.165) is 19.6 Å². The van der Waals surface area contributed by atoms with E-state index in [4.69, 9.17) is 9.16 Å². The fraction of sp³-hybridized carbons (Fsp3) is 0.889. The third-order valence-corrected chi connectivity index (χ3v) is 10.9. The molecule has 0 radical (unpaired) electrons. The number of hydrogen-bond donors (Lipinski definition) is 0. The molecule has 2 rings (SSSR count). The lowest BCUT2D eigenvalue weighted by atomic mass is 9.61. The van der Waals surface area contributed by atoms with Crippen molar-refractivity contribution >= 4 is 8.32 Å². The highest BCUT2D eigenvalue weighted by atomic mass is 28.4. The number of rotatable bonds is 5. The molecule has 2 nitrogen and oxygen atoms in total. The Labute approximate surface area is 132 Å². The zero-order valence-corrected chi connectivity index (χ0v) is 15.9. The third kappa shape index (κ3) is 3.30. The maximum Gasteiger partial charge on any atom is 0.191 e. The Morgan fingerprint density at radius 2 is 1.95 bits per heavy atom. The van der Waals surface area contributed by atoms with Gasteiger partial charge in [0.25, 0.3) is 0 Å². The first kappa shape index (κ1) is 17.2. The van der Waals surface area contributed by atoms with E-state index in [2.05, 4.69) is 53.4 Å². The van der Waals surface area contributed by atoms with Crippen LogP contribution in [0.5, 0.6) is 0 Å². The van der Waals surface area contributed by atoms with Gasteiger partial charge in [-0.05, 0) is 49.2 Å². The molecule has 1 heterocycles. The molecule has 2 fully saturated rings. The molecule has 0 N–H and O–H groups in total. The second-order valence-corrected chi connectivity index (χ2v) is 13.7. The molecule has 21 heavy (non-hydrogen) atoms. The summed E-state index contributed by atoms with van der Waals surface area (Å²) in [6.45, 7) is 19.9. The van der Waals surface area contributed by atoms with Crippen LogP contribution in [-0.4, -0.2) is 27.1 Å². The number of ether oxygens (including phenoxy) is 1. The Kier molecular flexibility index (Phi) is 4.52. The molecule has 122 valence electrons. The number of allylic oxidation sites excluding steroid dienone is 1. The standard InChI is InChI=1S/C18H34O2Si/c1-8-17(5)11-9-12-18(14-19-18)15(17)10-13-20-21(6,7)16(2,3)4/h8,15H,1,9-14H2,2-7H3/t15-,17-,18?/m0/s1. The Bertz CT molecular complexity index is 393. The summed E-state index contributed by atoms with van der Waals surface area (Å²) in [4.78, 5) is 0. The van der Waals surface area contributed by atoms with Gasteiger partial charge in [-0.25, -0.2) is 0 Å². The molecule has 1 aliphatic carbocycles. The van der Waals surface area contributed by atoms with Crippen molar-refractivity contribution in [3.05, 3.63) is 12.7 Å². The summed E-state index contributed by atoms with van der Waals surface area (Å²) in [7, 11) is -1.64. The molecule has 1 spiro atoms. The van der Waals surface area contributed by atoms with Crippen LogP contribution in [0.15, 0.2) is 12.7 Å². The van der Waals surface area contributed by atoms with E-state index in [1.165, 1.54) is 19.3 Å². The van der Waals surface area contributed by atoms with E-state index < -0.39 is 8.32 Å². The topological polar surface area (TPSA) is 21.8 Å². The van der Waals surface area contributed by atoms with Gasteiger partial charge in [0.15, 0.2) is 8.32 Å². The van der Waals surface area contributed by atoms with Crippen molar-refractivity contribution in [1.29, 1.82) is 0 Å².